The minimum atomic E-state index is -0.171. The summed E-state index contributed by atoms with van der Waals surface area (Å²) in [4.78, 5) is 19.9. The number of anilines is 1. The minimum Gasteiger partial charge on any atom is -0.339 e. The Balaban J connectivity index is 1.56. The Morgan fingerprint density at radius 1 is 1.33 bits per heavy atom. The van der Waals surface area contributed by atoms with Crippen molar-refractivity contribution in [2.45, 2.75) is 12.8 Å². The van der Waals surface area contributed by atoms with Crippen molar-refractivity contribution in [3.63, 3.8) is 0 Å². The molecule has 0 saturated carbocycles. The van der Waals surface area contributed by atoms with E-state index in [1.807, 2.05) is 0 Å². The van der Waals surface area contributed by atoms with Crippen LogP contribution in [0.5, 0.6) is 0 Å². The number of nitrogens with zero attached hydrogens (tertiary/aromatic N) is 5. The third-order valence-electron chi connectivity index (χ3n) is 2.58. The molecule has 0 radical (unpaired) electrons. The molecule has 0 bridgehead atoms. The lowest BCUT2D eigenvalue weighted by Crippen LogP contribution is -2.12. The molecule has 3 rings (SSSR count). The van der Waals surface area contributed by atoms with Gasteiger partial charge < -0.3 is 9.84 Å². The zero-order valence-electron chi connectivity index (χ0n) is 10.8. The number of carbonyl (C=O) groups excluding carboxylic acids is 1. The van der Waals surface area contributed by atoms with Crippen molar-refractivity contribution in [3.05, 3.63) is 35.9 Å². The van der Waals surface area contributed by atoms with E-state index >= 15 is 0 Å². The van der Waals surface area contributed by atoms with Crippen LogP contribution in [0.4, 0.5) is 5.13 Å². The lowest BCUT2D eigenvalue weighted by Gasteiger charge is -1.97. The Kier molecular flexibility index (Phi) is 3.92. The number of hydrogen-bond donors (Lipinski definition) is 1. The van der Waals surface area contributed by atoms with Crippen LogP contribution in [0.2, 0.25) is 0 Å². The molecule has 9 heteroatoms. The molecule has 1 amide bonds. The summed E-state index contributed by atoms with van der Waals surface area (Å²) in [5.41, 5.74) is 2.37. The molecule has 1 N–H and O–H groups in total. The highest BCUT2D eigenvalue weighted by Gasteiger charge is 2.11. The molecule has 106 valence electrons. The van der Waals surface area contributed by atoms with Gasteiger partial charge in [-0.25, -0.2) is 0 Å². The van der Waals surface area contributed by atoms with Crippen molar-refractivity contribution in [2.24, 2.45) is 0 Å². The number of nitrogens with one attached hydrogen (secondary N) is 1. The molecule has 21 heavy (non-hydrogen) atoms. The van der Waals surface area contributed by atoms with E-state index < -0.39 is 0 Å². The second-order valence-corrected chi connectivity index (χ2v) is 4.87. The summed E-state index contributed by atoms with van der Waals surface area (Å²) in [6, 6.07) is 3.58. The van der Waals surface area contributed by atoms with E-state index in [1.54, 1.807) is 30.0 Å². The minimum absolute atomic E-state index is 0.171. The van der Waals surface area contributed by atoms with Crippen LogP contribution in [0.1, 0.15) is 12.3 Å². The fourth-order valence-electron chi connectivity index (χ4n) is 1.60. The standard InChI is InChI=1S/C12H10N6O2S/c19-9(15-12-17-14-7-21-12)1-2-10-16-11(18-20-10)8-3-5-13-6-4-8/h3-7H,1-2H2,(H,15,17,19). The first-order valence-corrected chi connectivity index (χ1v) is 6.98. The van der Waals surface area contributed by atoms with Gasteiger partial charge in [0, 0.05) is 30.8 Å². The van der Waals surface area contributed by atoms with E-state index in [1.165, 1.54) is 11.3 Å². The van der Waals surface area contributed by atoms with Crippen LogP contribution in [0.25, 0.3) is 11.4 Å². The van der Waals surface area contributed by atoms with Crippen LogP contribution in [0.15, 0.2) is 34.6 Å². The van der Waals surface area contributed by atoms with E-state index in [9.17, 15) is 4.79 Å². The zero-order valence-corrected chi connectivity index (χ0v) is 11.6. The van der Waals surface area contributed by atoms with Gasteiger partial charge in [0.15, 0.2) is 0 Å². The predicted octanol–water partition coefficient (Wildman–Crippen LogP) is 1.55. The molecule has 3 aromatic rings. The second-order valence-electron chi connectivity index (χ2n) is 4.04. The summed E-state index contributed by atoms with van der Waals surface area (Å²) in [6.45, 7) is 0. The van der Waals surface area contributed by atoms with Gasteiger partial charge in [-0.15, -0.1) is 10.2 Å². The highest BCUT2D eigenvalue weighted by molar-refractivity contribution is 7.13. The number of carbonyl (C=O) groups is 1. The van der Waals surface area contributed by atoms with Gasteiger partial charge in [0.1, 0.15) is 5.51 Å². The third-order valence-corrected chi connectivity index (χ3v) is 3.19. The van der Waals surface area contributed by atoms with Crippen LogP contribution in [0, 0.1) is 0 Å². The van der Waals surface area contributed by atoms with Gasteiger partial charge in [-0.2, -0.15) is 4.98 Å². The summed E-state index contributed by atoms with van der Waals surface area (Å²) in [6.07, 6.45) is 3.90. The Labute approximate surface area is 123 Å². The summed E-state index contributed by atoms with van der Waals surface area (Å²) in [7, 11) is 0. The maximum atomic E-state index is 11.7. The zero-order chi connectivity index (χ0) is 14.5. The highest BCUT2D eigenvalue weighted by atomic mass is 32.1. The van der Waals surface area contributed by atoms with Gasteiger partial charge in [-0.3, -0.25) is 9.78 Å². The van der Waals surface area contributed by atoms with Crippen LogP contribution in [-0.4, -0.2) is 31.2 Å². The average molecular weight is 302 g/mol. The van der Waals surface area contributed by atoms with E-state index in [-0.39, 0.29) is 12.3 Å². The molecule has 0 aliphatic heterocycles. The summed E-state index contributed by atoms with van der Waals surface area (Å²) >= 11 is 1.26. The fraction of sp³-hybridized carbons (Fsp3) is 0.167. The van der Waals surface area contributed by atoms with Crippen LogP contribution >= 0.6 is 11.3 Å². The van der Waals surface area contributed by atoms with Crippen molar-refractivity contribution in [2.75, 3.05) is 5.32 Å². The topological polar surface area (TPSA) is 107 Å². The predicted molar refractivity (Wildman–Crippen MR) is 74.4 cm³/mol. The van der Waals surface area contributed by atoms with E-state index in [0.29, 0.717) is 23.3 Å². The van der Waals surface area contributed by atoms with Gasteiger partial charge in [0.25, 0.3) is 0 Å². The Morgan fingerprint density at radius 2 is 2.19 bits per heavy atom. The third kappa shape index (κ3) is 3.45. The summed E-state index contributed by atoms with van der Waals surface area (Å²) < 4.78 is 5.12. The molecule has 0 fully saturated rings. The molecule has 0 saturated heterocycles. The second kappa shape index (κ2) is 6.18. The lowest BCUT2D eigenvalue weighted by molar-refractivity contribution is -0.116. The maximum absolute atomic E-state index is 11.7. The first-order chi connectivity index (χ1) is 10.3. The Hall–Kier alpha value is -2.68. The number of rotatable bonds is 5. The Morgan fingerprint density at radius 3 is 2.95 bits per heavy atom. The number of amides is 1. The van der Waals surface area contributed by atoms with E-state index in [0.717, 1.165) is 5.56 Å². The van der Waals surface area contributed by atoms with Crippen molar-refractivity contribution < 1.29 is 9.32 Å². The quantitative estimate of drug-likeness (QED) is 0.762. The molecule has 8 nitrogen and oxygen atoms in total. The van der Waals surface area contributed by atoms with E-state index in [4.69, 9.17) is 4.52 Å². The van der Waals surface area contributed by atoms with Gasteiger partial charge in [0.05, 0.1) is 0 Å². The van der Waals surface area contributed by atoms with Crippen molar-refractivity contribution in [3.8, 4) is 11.4 Å². The lowest BCUT2D eigenvalue weighted by atomic mass is 10.2. The molecule has 0 aromatic carbocycles. The van der Waals surface area contributed by atoms with Gasteiger partial charge >= 0.3 is 0 Å². The molecule has 3 heterocycles. The first kappa shape index (κ1) is 13.3. The molecular weight excluding hydrogens is 292 g/mol. The summed E-state index contributed by atoms with van der Waals surface area (Å²) in [5, 5.41) is 14.4. The first-order valence-electron chi connectivity index (χ1n) is 6.10. The molecule has 0 atom stereocenters. The molecule has 0 unspecified atom stereocenters. The van der Waals surface area contributed by atoms with Crippen LogP contribution in [0.3, 0.4) is 0 Å². The monoisotopic (exact) mass is 302 g/mol. The average Bonchev–Trinajstić information content (AvgIpc) is 3.17. The number of hydrogen-bond acceptors (Lipinski definition) is 8. The summed E-state index contributed by atoms with van der Waals surface area (Å²) in [5.74, 6) is 0.724. The fourth-order valence-corrected chi connectivity index (χ4v) is 2.07. The number of aryl methyl sites for hydroxylation is 1. The molecule has 0 aliphatic rings. The normalized spacial score (nSPS) is 10.5. The maximum Gasteiger partial charge on any atom is 0.227 e. The molecule has 0 aliphatic carbocycles. The van der Waals surface area contributed by atoms with Crippen molar-refractivity contribution in [1.82, 2.24) is 25.3 Å². The van der Waals surface area contributed by atoms with Crippen molar-refractivity contribution in [1.29, 1.82) is 0 Å². The molecular formula is C12H10N6O2S. The number of aromatic nitrogens is 5. The van der Waals surface area contributed by atoms with Crippen LogP contribution < -0.4 is 5.32 Å². The highest BCUT2D eigenvalue weighted by Crippen LogP contribution is 2.15. The molecule has 0 spiro atoms. The SMILES string of the molecule is O=C(CCc1nc(-c2ccncc2)no1)Nc1nncs1. The van der Waals surface area contributed by atoms with Gasteiger partial charge in [-0.1, -0.05) is 16.5 Å². The van der Waals surface area contributed by atoms with Gasteiger partial charge in [0.2, 0.25) is 22.8 Å². The van der Waals surface area contributed by atoms with E-state index in [2.05, 4.69) is 30.6 Å². The van der Waals surface area contributed by atoms with Gasteiger partial charge in [-0.05, 0) is 12.1 Å². The number of pyridine rings is 1. The smallest absolute Gasteiger partial charge is 0.227 e. The van der Waals surface area contributed by atoms with Crippen molar-refractivity contribution >= 4 is 22.4 Å². The molecule has 3 aromatic heterocycles. The Bertz CT molecular complexity index is 712. The largest absolute Gasteiger partial charge is 0.339 e. The van der Waals surface area contributed by atoms with Crippen LogP contribution in [-0.2, 0) is 11.2 Å².